The molecule has 1 N–H and O–H groups in total. The molecule has 28 heavy (non-hydrogen) atoms. The largest absolute Gasteiger partial charge is 0.416 e. The third-order valence-electron chi connectivity index (χ3n) is 4.49. The summed E-state index contributed by atoms with van der Waals surface area (Å²) in [4.78, 5) is 30.7. The van der Waals surface area contributed by atoms with Crippen LogP contribution in [0.4, 0.5) is 19.0 Å². The van der Waals surface area contributed by atoms with Crippen LogP contribution in [0.2, 0.25) is 0 Å². The van der Waals surface area contributed by atoms with Crippen LogP contribution in [0.5, 0.6) is 0 Å². The SMILES string of the molecule is O=C(Nc1ccc(Br)cn1)[C@H]1CCCN(C(=O)c2cccc(C(F)(F)F)c2)C1. The Balaban J connectivity index is 1.68. The van der Waals surface area contributed by atoms with Crippen molar-refractivity contribution in [2.24, 2.45) is 5.92 Å². The van der Waals surface area contributed by atoms with Crippen LogP contribution in [-0.4, -0.2) is 34.8 Å². The van der Waals surface area contributed by atoms with Crippen LogP contribution in [0.1, 0.15) is 28.8 Å². The number of hydrogen-bond acceptors (Lipinski definition) is 3. The molecule has 2 amide bonds. The number of nitrogens with zero attached hydrogens (tertiary/aromatic N) is 2. The molecule has 1 atom stereocenters. The molecule has 148 valence electrons. The smallest absolute Gasteiger partial charge is 0.338 e. The molecular formula is C19H17BrF3N3O2. The molecule has 3 rings (SSSR count). The van der Waals surface area contributed by atoms with E-state index < -0.39 is 23.6 Å². The van der Waals surface area contributed by atoms with Crippen LogP contribution in [-0.2, 0) is 11.0 Å². The zero-order valence-electron chi connectivity index (χ0n) is 14.7. The Morgan fingerprint density at radius 3 is 2.68 bits per heavy atom. The lowest BCUT2D eigenvalue weighted by Gasteiger charge is -2.32. The number of carbonyl (C=O) groups excluding carboxylic acids is 2. The lowest BCUT2D eigenvalue weighted by Crippen LogP contribution is -2.43. The van der Waals surface area contributed by atoms with Crippen molar-refractivity contribution in [2.75, 3.05) is 18.4 Å². The van der Waals surface area contributed by atoms with E-state index in [1.807, 2.05) is 0 Å². The first-order valence-corrected chi connectivity index (χ1v) is 9.42. The summed E-state index contributed by atoms with van der Waals surface area (Å²) in [7, 11) is 0. The van der Waals surface area contributed by atoms with Gasteiger partial charge >= 0.3 is 6.18 Å². The fourth-order valence-corrected chi connectivity index (χ4v) is 3.30. The Hall–Kier alpha value is -2.42. The van der Waals surface area contributed by atoms with Gasteiger partial charge in [0.25, 0.3) is 5.91 Å². The number of carbonyl (C=O) groups is 2. The average Bonchev–Trinajstić information content (AvgIpc) is 2.68. The number of alkyl halides is 3. The first kappa shape index (κ1) is 20.3. The number of anilines is 1. The van der Waals surface area contributed by atoms with E-state index in [0.29, 0.717) is 25.2 Å². The van der Waals surface area contributed by atoms with Crippen molar-refractivity contribution in [3.05, 3.63) is 58.2 Å². The van der Waals surface area contributed by atoms with Crippen molar-refractivity contribution in [1.29, 1.82) is 0 Å². The highest BCUT2D eigenvalue weighted by Crippen LogP contribution is 2.30. The van der Waals surface area contributed by atoms with E-state index in [4.69, 9.17) is 0 Å². The van der Waals surface area contributed by atoms with E-state index in [1.165, 1.54) is 17.0 Å². The van der Waals surface area contributed by atoms with E-state index in [2.05, 4.69) is 26.2 Å². The van der Waals surface area contributed by atoms with Gasteiger partial charge in [-0.15, -0.1) is 0 Å². The molecule has 1 aromatic heterocycles. The quantitative estimate of drug-likeness (QED) is 0.747. The fourth-order valence-electron chi connectivity index (χ4n) is 3.06. The average molecular weight is 456 g/mol. The molecule has 0 radical (unpaired) electrons. The number of piperidine rings is 1. The Morgan fingerprint density at radius 2 is 2.00 bits per heavy atom. The van der Waals surface area contributed by atoms with Crippen LogP contribution in [0.15, 0.2) is 47.1 Å². The van der Waals surface area contributed by atoms with E-state index >= 15 is 0 Å². The summed E-state index contributed by atoms with van der Waals surface area (Å²) in [5.41, 5.74) is -0.906. The monoisotopic (exact) mass is 455 g/mol. The zero-order valence-corrected chi connectivity index (χ0v) is 16.3. The third kappa shape index (κ3) is 4.89. The topological polar surface area (TPSA) is 62.3 Å². The summed E-state index contributed by atoms with van der Waals surface area (Å²) in [6.07, 6.45) is -1.77. The lowest BCUT2D eigenvalue weighted by atomic mass is 9.96. The van der Waals surface area contributed by atoms with E-state index in [0.717, 1.165) is 16.6 Å². The van der Waals surface area contributed by atoms with Gasteiger partial charge in [0.2, 0.25) is 5.91 Å². The van der Waals surface area contributed by atoms with Gasteiger partial charge in [0.05, 0.1) is 11.5 Å². The van der Waals surface area contributed by atoms with Gasteiger partial charge in [-0.2, -0.15) is 13.2 Å². The maximum Gasteiger partial charge on any atom is 0.416 e. The molecule has 0 unspecified atom stereocenters. The summed E-state index contributed by atoms with van der Waals surface area (Å²) in [5.74, 6) is -0.829. The number of hydrogen-bond donors (Lipinski definition) is 1. The number of benzene rings is 1. The number of aromatic nitrogens is 1. The third-order valence-corrected chi connectivity index (χ3v) is 4.96. The summed E-state index contributed by atoms with van der Waals surface area (Å²) in [5, 5.41) is 2.71. The minimum absolute atomic E-state index is 0.0366. The van der Waals surface area contributed by atoms with Crippen LogP contribution in [0.25, 0.3) is 0 Å². The summed E-state index contributed by atoms with van der Waals surface area (Å²) in [6.45, 7) is 0.548. The minimum atomic E-state index is -4.52. The molecule has 1 aliphatic heterocycles. The molecule has 2 aromatic rings. The van der Waals surface area contributed by atoms with Crippen LogP contribution in [0, 0.1) is 5.92 Å². The Kier molecular flexibility index (Phi) is 6.02. The zero-order chi connectivity index (χ0) is 20.3. The van der Waals surface area contributed by atoms with Gasteiger partial charge in [0.1, 0.15) is 5.82 Å². The predicted molar refractivity (Wildman–Crippen MR) is 101 cm³/mol. The molecular weight excluding hydrogens is 439 g/mol. The van der Waals surface area contributed by atoms with Crippen LogP contribution in [0.3, 0.4) is 0 Å². The normalized spacial score (nSPS) is 17.3. The predicted octanol–water partition coefficient (Wildman–Crippen LogP) is 4.35. The highest BCUT2D eigenvalue weighted by Gasteiger charge is 2.33. The Labute approximate surface area is 168 Å². The van der Waals surface area contributed by atoms with Crippen LogP contribution < -0.4 is 5.32 Å². The molecule has 0 aliphatic carbocycles. The van der Waals surface area contributed by atoms with Crippen molar-refractivity contribution in [1.82, 2.24) is 9.88 Å². The molecule has 0 bridgehead atoms. The second-order valence-corrected chi connectivity index (χ2v) is 7.44. The van der Waals surface area contributed by atoms with Gasteiger partial charge in [-0.1, -0.05) is 6.07 Å². The molecule has 1 saturated heterocycles. The molecule has 0 spiro atoms. The van der Waals surface area contributed by atoms with E-state index in [1.54, 1.807) is 18.3 Å². The number of likely N-dealkylation sites (tertiary alicyclic amines) is 1. The summed E-state index contributed by atoms with van der Waals surface area (Å²) >= 11 is 3.26. The molecule has 1 aliphatic rings. The second-order valence-electron chi connectivity index (χ2n) is 6.52. The summed E-state index contributed by atoms with van der Waals surface area (Å²) in [6, 6.07) is 7.73. The van der Waals surface area contributed by atoms with Gasteiger partial charge < -0.3 is 10.2 Å². The first-order valence-electron chi connectivity index (χ1n) is 8.63. The van der Waals surface area contributed by atoms with E-state index in [9.17, 15) is 22.8 Å². The maximum absolute atomic E-state index is 12.9. The Morgan fingerprint density at radius 1 is 1.21 bits per heavy atom. The Bertz CT molecular complexity index is 871. The molecule has 5 nitrogen and oxygen atoms in total. The minimum Gasteiger partial charge on any atom is -0.338 e. The number of rotatable bonds is 3. The fraction of sp³-hybridized carbons (Fsp3) is 0.316. The standard InChI is InChI=1S/C19H17BrF3N3O2/c20-15-6-7-16(24-10-15)25-17(27)13-4-2-8-26(11-13)18(28)12-3-1-5-14(9-12)19(21,22)23/h1,3,5-7,9-10,13H,2,4,8,11H2,(H,24,25,27)/t13-/m0/s1. The van der Waals surface area contributed by atoms with Crippen molar-refractivity contribution < 1.29 is 22.8 Å². The van der Waals surface area contributed by atoms with Gasteiger partial charge in [-0.25, -0.2) is 4.98 Å². The number of nitrogens with one attached hydrogen (secondary N) is 1. The van der Waals surface area contributed by atoms with E-state index in [-0.39, 0.29) is 18.0 Å². The number of halogens is 4. The highest BCUT2D eigenvalue weighted by atomic mass is 79.9. The van der Waals surface area contributed by atoms with Crippen molar-refractivity contribution >= 4 is 33.6 Å². The van der Waals surface area contributed by atoms with Crippen molar-refractivity contribution in [2.45, 2.75) is 19.0 Å². The molecule has 1 fully saturated rings. The van der Waals surface area contributed by atoms with Gasteiger partial charge in [-0.05, 0) is 59.1 Å². The second kappa shape index (κ2) is 8.30. The van der Waals surface area contributed by atoms with Gasteiger partial charge in [0, 0.05) is 29.3 Å². The first-order chi connectivity index (χ1) is 13.2. The highest BCUT2D eigenvalue weighted by molar-refractivity contribution is 9.10. The van der Waals surface area contributed by atoms with Crippen molar-refractivity contribution in [3.8, 4) is 0 Å². The molecule has 1 aromatic carbocycles. The molecule has 0 saturated carbocycles. The van der Waals surface area contributed by atoms with Crippen molar-refractivity contribution in [3.63, 3.8) is 0 Å². The van der Waals surface area contributed by atoms with Crippen LogP contribution >= 0.6 is 15.9 Å². The van der Waals surface area contributed by atoms with Gasteiger partial charge in [-0.3, -0.25) is 9.59 Å². The lowest BCUT2D eigenvalue weighted by molar-refractivity contribution is -0.137. The number of amides is 2. The number of pyridine rings is 1. The van der Waals surface area contributed by atoms with Gasteiger partial charge in [0.15, 0.2) is 0 Å². The molecule has 9 heteroatoms. The molecule has 2 heterocycles. The maximum atomic E-state index is 12.9. The summed E-state index contributed by atoms with van der Waals surface area (Å²) < 4.78 is 39.4.